The highest BCUT2D eigenvalue weighted by molar-refractivity contribution is 9.10. The highest BCUT2D eigenvalue weighted by Gasteiger charge is 2.12. The molecule has 23 heavy (non-hydrogen) atoms. The Morgan fingerprint density at radius 3 is 2.65 bits per heavy atom. The summed E-state index contributed by atoms with van der Waals surface area (Å²) in [6.45, 7) is 6.03. The van der Waals surface area contributed by atoms with Crippen LogP contribution in [0.3, 0.4) is 0 Å². The molecule has 0 aliphatic heterocycles. The molecule has 2 aromatic rings. The highest BCUT2D eigenvalue weighted by atomic mass is 79.9. The Balaban J connectivity index is 2.06. The van der Waals surface area contributed by atoms with E-state index < -0.39 is 0 Å². The minimum atomic E-state index is 0.580. The van der Waals surface area contributed by atoms with Crippen LogP contribution in [0.1, 0.15) is 17.0 Å². The summed E-state index contributed by atoms with van der Waals surface area (Å²) < 4.78 is 8.06. The predicted molar refractivity (Wildman–Crippen MR) is 101 cm³/mol. The van der Waals surface area contributed by atoms with Crippen LogP contribution in [-0.4, -0.2) is 35.2 Å². The van der Waals surface area contributed by atoms with Gasteiger partial charge in [0.05, 0.1) is 30.2 Å². The van der Waals surface area contributed by atoms with Crippen molar-refractivity contribution in [2.45, 2.75) is 20.4 Å². The molecule has 1 heterocycles. The fourth-order valence-electron chi connectivity index (χ4n) is 2.22. The van der Waals surface area contributed by atoms with Crippen LogP contribution in [0.25, 0.3) is 0 Å². The van der Waals surface area contributed by atoms with Crippen molar-refractivity contribution in [3.8, 4) is 0 Å². The van der Waals surface area contributed by atoms with Gasteiger partial charge in [0, 0.05) is 18.1 Å². The van der Waals surface area contributed by atoms with Crippen molar-refractivity contribution in [2.75, 3.05) is 25.6 Å². The van der Waals surface area contributed by atoms with Crippen LogP contribution in [0.5, 0.6) is 0 Å². The standard InChI is InChI=1S/C16H21BrN4OS/c1-11-15(19-16(23)18-8-9-22-3)12(2)21(20-11)10-13-4-6-14(17)7-5-13/h4-7H,8-10H2,1-3H3,(H2,18,19,23). The van der Waals surface area contributed by atoms with Gasteiger partial charge in [-0.05, 0) is 43.8 Å². The van der Waals surface area contributed by atoms with Crippen molar-refractivity contribution in [3.63, 3.8) is 0 Å². The second-order valence-corrected chi connectivity index (χ2v) is 6.53. The van der Waals surface area contributed by atoms with Gasteiger partial charge >= 0.3 is 0 Å². The van der Waals surface area contributed by atoms with Crippen molar-refractivity contribution in [2.24, 2.45) is 0 Å². The molecular weight excluding hydrogens is 376 g/mol. The van der Waals surface area contributed by atoms with Gasteiger partial charge in [0.2, 0.25) is 0 Å². The van der Waals surface area contributed by atoms with Gasteiger partial charge in [0.25, 0.3) is 0 Å². The molecule has 0 unspecified atom stereocenters. The van der Waals surface area contributed by atoms with E-state index in [4.69, 9.17) is 17.0 Å². The first kappa shape index (κ1) is 17.9. The Hall–Kier alpha value is -1.44. The number of halogens is 1. The third-order valence-electron chi connectivity index (χ3n) is 3.46. The van der Waals surface area contributed by atoms with Crippen molar-refractivity contribution in [1.29, 1.82) is 0 Å². The van der Waals surface area contributed by atoms with E-state index in [2.05, 4.69) is 43.8 Å². The minimum absolute atomic E-state index is 0.580. The Morgan fingerprint density at radius 1 is 1.30 bits per heavy atom. The van der Waals surface area contributed by atoms with E-state index in [1.54, 1.807) is 7.11 Å². The van der Waals surface area contributed by atoms with Crippen LogP contribution in [-0.2, 0) is 11.3 Å². The first-order chi connectivity index (χ1) is 11.0. The molecule has 0 saturated heterocycles. The zero-order chi connectivity index (χ0) is 16.8. The Kier molecular flexibility index (Phi) is 6.56. The number of hydrogen-bond donors (Lipinski definition) is 2. The van der Waals surface area contributed by atoms with E-state index in [1.165, 1.54) is 5.56 Å². The highest BCUT2D eigenvalue weighted by Crippen LogP contribution is 2.21. The molecule has 0 radical (unpaired) electrons. The van der Waals surface area contributed by atoms with Crippen LogP contribution in [0.2, 0.25) is 0 Å². The number of rotatable bonds is 6. The summed E-state index contributed by atoms with van der Waals surface area (Å²) in [6.07, 6.45) is 0. The number of thiocarbonyl (C=S) groups is 1. The maximum atomic E-state index is 5.30. The third kappa shape index (κ3) is 5.02. The number of benzene rings is 1. The summed E-state index contributed by atoms with van der Waals surface area (Å²) in [4.78, 5) is 0. The number of ether oxygens (including phenoxy) is 1. The minimum Gasteiger partial charge on any atom is -0.383 e. The molecule has 0 aliphatic carbocycles. The molecule has 0 fully saturated rings. The summed E-state index contributed by atoms with van der Waals surface area (Å²) in [5.41, 5.74) is 4.14. The summed E-state index contributed by atoms with van der Waals surface area (Å²) in [6, 6.07) is 8.25. The van der Waals surface area contributed by atoms with E-state index in [1.807, 2.05) is 30.7 Å². The molecule has 0 saturated carbocycles. The molecule has 2 N–H and O–H groups in total. The molecule has 0 atom stereocenters. The molecule has 5 nitrogen and oxygen atoms in total. The zero-order valence-corrected chi connectivity index (χ0v) is 15.9. The molecular formula is C16H21BrN4OS. The fraction of sp³-hybridized carbons (Fsp3) is 0.375. The molecule has 0 aliphatic rings. The number of nitrogens with zero attached hydrogens (tertiary/aromatic N) is 2. The average Bonchev–Trinajstić information content (AvgIpc) is 2.77. The Bertz CT molecular complexity index is 669. The number of methoxy groups -OCH3 is 1. The topological polar surface area (TPSA) is 51.1 Å². The second kappa shape index (κ2) is 8.42. The monoisotopic (exact) mass is 396 g/mol. The van der Waals surface area contributed by atoms with Gasteiger partial charge in [0.15, 0.2) is 5.11 Å². The van der Waals surface area contributed by atoms with Gasteiger partial charge in [-0.15, -0.1) is 0 Å². The van der Waals surface area contributed by atoms with Crippen LogP contribution in [0, 0.1) is 13.8 Å². The molecule has 1 aromatic heterocycles. The number of aryl methyl sites for hydroxylation is 1. The first-order valence-corrected chi connectivity index (χ1v) is 8.53. The van der Waals surface area contributed by atoms with Crippen molar-refractivity contribution < 1.29 is 4.74 Å². The third-order valence-corrected chi connectivity index (χ3v) is 4.23. The van der Waals surface area contributed by atoms with Gasteiger partial charge in [-0.2, -0.15) is 5.10 Å². The predicted octanol–water partition coefficient (Wildman–Crippen LogP) is 3.24. The smallest absolute Gasteiger partial charge is 0.170 e. The number of nitrogens with one attached hydrogen (secondary N) is 2. The molecule has 2 rings (SSSR count). The van der Waals surface area contributed by atoms with Crippen LogP contribution in [0.15, 0.2) is 28.7 Å². The van der Waals surface area contributed by atoms with Gasteiger partial charge in [-0.3, -0.25) is 4.68 Å². The molecule has 0 spiro atoms. The number of aromatic nitrogens is 2. The first-order valence-electron chi connectivity index (χ1n) is 7.33. The number of hydrogen-bond acceptors (Lipinski definition) is 3. The Morgan fingerprint density at radius 2 is 2.00 bits per heavy atom. The van der Waals surface area contributed by atoms with Crippen molar-refractivity contribution in [1.82, 2.24) is 15.1 Å². The molecule has 1 aromatic carbocycles. The molecule has 0 amide bonds. The van der Waals surface area contributed by atoms with Gasteiger partial charge in [-0.25, -0.2) is 0 Å². The maximum Gasteiger partial charge on any atom is 0.170 e. The second-order valence-electron chi connectivity index (χ2n) is 5.20. The molecule has 124 valence electrons. The lowest BCUT2D eigenvalue weighted by Crippen LogP contribution is -2.31. The van der Waals surface area contributed by atoms with E-state index in [9.17, 15) is 0 Å². The quantitative estimate of drug-likeness (QED) is 0.579. The van der Waals surface area contributed by atoms with Gasteiger partial charge in [-0.1, -0.05) is 28.1 Å². The average molecular weight is 397 g/mol. The SMILES string of the molecule is COCCNC(=S)Nc1c(C)nn(Cc2ccc(Br)cc2)c1C. The van der Waals surface area contributed by atoms with Gasteiger partial charge < -0.3 is 15.4 Å². The van der Waals surface area contributed by atoms with E-state index in [0.717, 1.165) is 28.1 Å². The van der Waals surface area contributed by atoms with Crippen LogP contribution < -0.4 is 10.6 Å². The summed E-state index contributed by atoms with van der Waals surface area (Å²) in [5.74, 6) is 0. The fourth-order valence-corrected chi connectivity index (χ4v) is 2.69. The van der Waals surface area contributed by atoms with E-state index in [-0.39, 0.29) is 0 Å². The maximum absolute atomic E-state index is 5.30. The largest absolute Gasteiger partial charge is 0.383 e. The van der Waals surface area contributed by atoms with Crippen LogP contribution in [0.4, 0.5) is 5.69 Å². The summed E-state index contributed by atoms with van der Waals surface area (Å²) >= 11 is 8.75. The molecule has 7 heteroatoms. The Labute approximate surface area is 150 Å². The van der Waals surface area contributed by atoms with Crippen molar-refractivity contribution >= 4 is 38.9 Å². The molecule has 0 bridgehead atoms. The lowest BCUT2D eigenvalue weighted by Gasteiger charge is -2.11. The van der Waals surface area contributed by atoms with E-state index >= 15 is 0 Å². The number of anilines is 1. The summed E-state index contributed by atoms with van der Waals surface area (Å²) in [7, 11) is 1.67. The summed E-state index contributed by atoms with van der Waals surface area (Å²) in [5, 5.41) is 11.5. The van der Waals surface area contributed by atoms with E-state index in [0.29, 0.717) is 18.3 Å². The lowest BCUT2D eigenvalue weighted by molar-refractivity contribution is 0.204. The zero-order valence-electron chi connectivity index (χ0n) is 13.5. The van der Waals surface area contributed by atoms with Crippen molar-refractivity contribution in [3.05, 3.63) is 45.7 Å². The van der Waals surface area contributed by atoms with Gasteiger partial charge in [0.1, 0.15) is 0 Å². The van der Waals surface area contributed by atoms with Crippen LogP contribution >= 0.6 is 28.1 Å². The normalized spacial score (nSPS) is 10.6. The lowest BCUT2D eigenvalue weighted by atomic mass is 10.2.